The highest BCUT2D eigenvalue weighted by molar-refractivity contribution is 7.14. The molecular weight excluding hydrogens is 276 g/mol. The van der Waals surface area contributed by atoms with Gasteiger partial charge in [0.1, 0.15) is 5.82 Å². The number of ether oxygens (including phenoxy) is 1. The average Bonchev–Trinajstić information content (AvgIpc) is 2.86. The number of aromatic hydroxyl groups is 1. The normalized spacial score (nSPS) is 10.9. The minimum atomic E-state index is 0.0638. The average molecular weight is 292 g/mol. The molecule has 2 rings (SSSR count). The largest absolute Gasteiger partial charge is 0.504 e. The molecule has 0 saturated heterocycles. The van der Waals surface area contributed by atoms with E-state index in [-0.39, 0.29) is 5.75 Å². The maximum absolute atomic E-state index is 10.0. The molecule has 7 heteroatoms. The van der Waals surface area contributed by atoms with Gasteiger partial charge in [0.15, 0.2) is 11.5 Å². The summed E-state index contributed by atoms with van der Waals surface area (Å²) in [6.07, 6.45) is 2.36. The van der Waals surface area contributed by atoms with E-state index in [1.807, 2.05) is 19.1 Å². The number of nitrogens with one attached hydrogen (secondary N) is 1. The molecule has 1 aromatic heterocycles. The van der Waals surface area contributed by atoms with Crippen LogP contribution in [0.1, 0.15) is 18.1 Å². The SMILES string of the molecule is CCc1cc(C=NNc2nc(N)cs2)c(O)c(OC)c1. The Hall–Kier alpha value is -2.28. The van der Waals surface area contributed by atoms with Crippen molar-refractivity contribution >= 4 is 28.5 Å². The first-order valence-corrected chi connectivity index (χ1v) is 6.92. The lowest BCUT2D eigenvalue weighted by Gasteiger charge is -2.08. The van der Waals surface area contributed by atoms with Crippen molar-refractivity contribution < 1.29 is 9.84 Å². The minimum absolute atomic E-state index is 0.0638. The van der Waals surface area contributed by atoms with Crippen molar-refractivity contribution in [2.24, 2.45) is 5.10 Å². The van der Waals surface area contributed by atoms with Gasteiger partial charge in [-0.05, 0) is 24.1 Å². The van der Waals surface area contributed by atoms with Crippen LogP contribution in [0.3, 0.4) is 0 Å². The number of benzene rings is 1. The summed E-state index contributed by atoms with van der Waals surface area (Å²) < 4.78 is 5.14. The summed E-state index contributed by atoms with van der Waals surface area (Å²) in [7, 11) is 1.52. The Kier molecular flexibility index (Phi) is 4.41. The number of aromatic nitrogens is 1. The molecule has 2 aromatic rings. The van der Waals surface area contributed by atoms with Crippen molar-refractivity contribution in [1.82, 2.24) is 4.98 Å². The van der Waals surface area contributed by atoms with Gasteiger partial charge >= 0.3 is 0 Å². The molecule has 0 radical (unpaired) electrons. The van der Waals surface area contributed by atoms with E-state index in [1.54, 1.807) is 5.38 Å². The Balaban J connectivity index is 2.19. The van der Waals surface area contributed by atoms with Crippen molar-refractivity contribution in [3.05, 3.63) is 28.6 Å². The number of hydrogen-bond acceptors (Lipinski definition) is 7. The van der Waals surface area contributed by atoms with Crippen molar-refractivity contribution in [3.8, 4) is 11.5 Å². The number of nitrogens with two attached hydrogens (primary N) is 1. The molecule has 6 nitrogen and oxygen atoms in total. The lowest BCUT2D eigenvalue weighted by molar-refractivity contribution is 0.372. The fourth-order valence-electron chi connectivity index (χ4n) is 1.64. The Labute approximate surface area is 120 Å². The van der Waals surface area contributed by atoms with Crippen LogP contribution in [-0.2, 0) is 6.42 Å². The van der Waals surface area contributed by atoms with E-state index in [0.29, 0.717) is 22.3 Å². The number of methoxy groups -OCH3 is 1. The third kappa shape index (κ3) is 3.18. The first-order chi connectivity index (χ1) is 9.63. The number of thiazole rings is 1. The second-order valence-corrected chi connectivity index (χ2v) is 4.90. The highest BCUT2D eigenvalue weighted by Crippen LogP contribution is 2.30. The van der Waals surface area contributed by atoms with Crippen molar-refractivity contribution in [3.63, 3.8) is 0 Å². The molecule has 0 aliphatic carbocycles. The highest BCUT2D eigenvalue weighted by atomic mass is 32.1. The fourth-order valence-corrected chi connectivity index (χ4v) is 2.19. The first kappa shape index (κ1) is 14.1. The molecule has 1 heterocycles. The summed E-state index contributed by atoms with van der Waals surface area (Å²) in [4.78, 5) is 4.02. The van der Waals surface area contributed by atoms with Gasteiger partial charge in [0.05, 0.1) is 13.3 Å². The summed E-state index contributed by atoms with van der Waals surface area (Å²) >= 11 is 1.36. The van der Waals surface area contributed by atoms with Gasteiger partial charge in [-0.1, -0.05) is 6.92 Å². The zero-order chi connectivity index (χ0) is 14.5. The maximum atomic E-state index is 10.0. The zero-order valence-electron chi connectivity index (χ0n) is 11.3. The van der Waals surface area contributed by atoms with Gasteiger partial charge in [0.2, 0.25) is 5.13 Å². The zero-order valence-corrected chi connectivity index (χ0v) is 12.1. The van der Waals surface area contributed by atoms with Crippen LogP contribution in [0.25, 0.3) is 0 Å². The number of rotatable bonds is 5. The van der Waals surface area contributed by atoms with Gasteiger partial charge in [-0.25, -0.2) is 4.98 Å². The highest BCUT2D eigenvalue weighted by Gasteiger charge is 2.08. The van der Waals surface area contributed by atoms with E-state index in [9.17, 15) is 5.11 Å². The van der Waals surface area contributed by atoms with E-state index in [1.165, 1.54) is 24.7 Å². The molecule has 106 valence electrons. The van der Waals surface area contributed by atoms with Gasteiger partial charge < -0.3 is 15.6 Å². The van der Waals surface area contributed by atoms with Gasteiger partial charge in [-0.3, -0.25) is 5.43 Å². The molecule has 1 aromatic carbocycles. The molecule has 0 aliphatic rings. The monoisotopic (exact) mass is 292 g/mol. The number of anilines is 2. The van der Waals surface area contributed by atoms with Crippen molar-refractivity contribution in [1.29, 1.82) is 0 Å². The van der Waals surface area contributed by atoms with Gasteiger partial charge in [-0.2, -0.15) is 5.10 Å². The molecule has 0 saturated carbocycles. The van der Waals surface area contributed by atoms with Crippen molar-refractivity contribution in [2.75, 3.05) is 18.3 Å². The van der Waals surface area contributed by atoms with E-state index in [2.05, 4.69) is 15.5 Å². The summed E-state index contributed by atoms with van der Waals surface area (Å²) in [5, 5.41) is 16.4. The van der Waals surface area contributed by atoms with E-state index < -0.39 is 0 Å². The van der Waals surface area contributed by atoms with Crippen LogP contribution in [0, 0.1) is 0 Å². The van der Waals surface area contributed by atoms with E-state index in [4.69, 9.17) is 10.5 Å². The quantitative estimate of drug-likeness (QED) is 0.581. The van der Waals surface area contributed by atoms with Crippen LogP contribution in [-0.4, -0.2) is 23.4 Å². The maximum Gasteiger partial charge on any atom is 0.205 e. The molecule has 0 fully saturated rings. The van der Waals surface area contributed by atoms with E-state index >= 15 is 0 Å². The Morgan fingerprint density at radius 3 is 2.95 bits per heavy atom. The number of phenolic OH excluding ortho intramolecular Hbond substituents is 1. The van der Waals surface area contributed by atoms with Crippen LogP contribution in [0.4, 0.5) is 10.9 Å². The number of aryl methyl sites for hydroxylation is 1. The third-order valence-electron chi connectivity index (χ3n) is 2.68. The Bertz CT molecular complexity index is 625. The summed E-state index contributed by atoms with van der Waals surface area (Å²) in [6, 6.07) is 3.67. The van der Waals surface area contributed by atoms with Crippen LogP contribution in [0.2, 0.25) is 0 Å². The molecule has 0 atom stereocenters. The molecular formula is C13H16N4O2S. The van der Waals surface area contributed by atoms with Gasteiger partial charge in [-0.15, -0.1) is 11.3 Å². The molecule has 0 spiro atoms. The van der Waals surface area contributed by atoms with Crippen LogP contribution >= 0.6 is 11.3 Å². The van der Waals surface area contributed by atoms with Crippen LogP contribution in [0.15, 0.2) is 22.6 Å². The topological polar surface area (TPSA) is 92.8 Å². The molecule has 0 amide bonds. The standard InChI is InChI=1S/C13H16N4O2S/c1-3-8-4-9(12(18)10(5-8)19-2)6-15-17-13-16-11(14)7-20-13/h4-7,18H,3,14H2,1-2H3,(H,16,17). The Morgan fingerprint density at radius 2 is 2.35 bits per heavy atom. The van der Waals surface area contributed by atoms with E-state index in [0.717, 1.165) is 12.0 Å². The van der Waals surface area contributed by atoms with Crippen LogP contribution < -0.4 is 15.9 Å². The molecule has 20 heavy (non-hydrogen) atoms. The molecule has 0 aliphatic heterocycles. The summed E-state index contributed by atoms with van der Waals surface area (Å²) in [5.41, 5.74) is 9.91. The van der Waals surface area contributed by atoms with Crippen LogP contribution in [0.5, 0.6) is 11.5 Å². The van der Waals surface area contributed by atoms with Gasteiger partial charge in [0, 0.05) is 10.9 Å². The molecule has 4 N–H and O–H groups in total. The fraction of sp³-hybridized carbons (Fsp3) is 0.231. The summed E-state index contributed by atoms with van der Waals surface area (Å²) in [5.74, 6) is 0.948. The number of phenols is 1. The lowest BCUT2D eigenvalue weighted by Crippen LogP contribution is -1.95. The summed E-state index contributed by atoms with van der Waals surface area (Å²) in [6.45, 7) is 2.03. The smallest absolute Gasteiger partial charge is 0.205 e. The third-order valence-corrected chi connectivity index (χ3v) is 3.44. The number of hydrogen-bond donors (Lipinski definition) is 3. The number of nitrogens with zero attached hydrogens (tertiary/aromatic N) is 2. The predicted octanol–water partition coefficient (Wildman–Crippen LogP) is 2.45. The second-order valence-electron chi connectivity index (χ2n) is 4.04. The van der Waals surface area contributed by atoms with Crippen molar-refractivity contribution in [2.45, 2.75) is 13.3 Å². The minimum Gasteiger partial charge on any atom is -0.504 e. The number of nitrogen functional groups attached to an aromatic ring is 1. The second kappa shape index (κ2) is 6.25. The first-order valence-electron chi connectivity index (χ1n) is 6.04. The lowest BCUT2D eigenvalue weighted by atomic mass is 10.1. The Morgan fingerprint density at radius 1 is 1.55 bits per heavy atom. The predicted molar refractivity (Wildman–Crippen MR) is 81.8 cm³/mol. The number of hydrazone groups is 1. The molecule has 0 bridgehead atoms. The van der Waals surface area contributed by atoms with Gasteiger partial charge in [0.25, 0.3) is 0 Å². The molecule has 0 unspecified atom stereocenters.